The first-order chi connectivity index (χ1) is 18.6. The smallest absolute Gasteiger partial charge is 0.249 e. The summed E-state index contributed by atoms with van der Waals surface area (Å²) in [5, 5.41) is 5.67. The number of nitrogens with one attached hydrogen (secondary N) is 2. The van der Waals surface area contributed by atoms with Crippen LogP contribution in [-0.4, -0.2) is 31.6 Å². The van der Waals surface area contributed by atoms with E-state index in [1.807, 2.05) is 78.9 Å². The second-order valence-corrected chi connectivity index (χ2v) is 8.58. The first-order valence-corrected chi connectivity index (χ1v) is 12.3. The summed E-state index contributed by atoms with van der Waals surface area (Å²) in [6.07, 6.45) is 0.102. The molecule has 1 atom stereocenters. The Morgan fingerprint density at radius 1 is 0.737 bits per heavy atom. The number of anilines is 1. The van der Waals surface area contributed by atoms with Gasteiger partial charge in [-0.1, -0.05) is 60.7 Å². The zero-order chi connectivity index (χ0) is 26.6. The Kier molecular flexibility index (Phi) is 9.48. The molecular formula is C31H30N2O5. The van der Waals surface area contributed by atoms with Crippen LogP contribution in [0, 0.1) is 0 Å². The maximum Gasteiger partial charge on any atom is 0.249 e. The number of hydrogen-bond donors (Lipinski definition) is 2. The summed E-state index contributed by atoms with van der Waals surface area (Å²) in [7, 11) is 1.57. The number of carbonyl (C=O) groups is 2. The van der Waals surface area contributed by atoms with Crippen LogP contribution in [0.3, 0.4) is 0 Å². The first-order valence-electron chi connectivity index (χ1n) is 12.3. The van der Waals surface area contributed by atoms with Gasteiger partial charge in [0.1, 0.15) is 23.3 Å². The van der Waals surface area contributed by atoms with Crippen molar-refractivity contribution in [2.24, 2.45) is 0 Å². The van der Waals surface area contributed by atoms with Crippen LogP contribution in [0.4, 0.5) is 5.69 Å². The van der Waals surface area contributed by atoms with E-state index < -0.39 is 6.04 Å². The molecule has 0 aliphatic carbocycles. The van der Waals surface area contributed by atoms with Crippen LogP contribution in [0.25, 0.3) is 0 Å². The lowest BCUT2D eigenvalue weighted by Gasteiger charge is -2.19. The standard InChI is InChI=1S/C31H30N2O5/c1-36-28-14-8-11-24(19-28)20-30(34)33-29(22-37-21-23-9-4-2-5-10-23)31(35)32-25-15-17-27(18-16-25)38-26-12-6-3-7-13-26/h2-19,29H,20-22H2,1H3,(H,32,35)(H,33,34). The van der Waals surface area contributed by atoms with E-state index in [1.54, 1.807) is 37.4 Å². The molecule has 2 amide bonds. The van der Waals surface area contributed by atoms with Gasteiger partial charge in [-0.3, -0.25) is 9.59 Å². The fraction of sp³-hybridized carbons (Fsp3) is 0.161. The maximum atomic E-state index is 13.2. The third-order valence-electron chi connectivity index (χ3n) is 5.65. The predicted molar refractivity (Wildman–Crippen MR) is 146 cm³/mol. The van der Waals surface area contributed by atoms with Gasteiger partial charge in [-0.2, -0.15) is 0 Å². The van der Waals surface area contributed by atoms with Crippen molar-refractivity contribution in [3.63, 3.8) is 0 Å². The van der Waals surface area contributed by atoms with Gasteiger partial charge in [0, 0.05) is 5.69 Å². The molecule has 4 rings (SSSR count). The molecule has 0 aliphatic rings. The normalized spacial score (nSPS) is 11.3. The summed E-state index contributed by atoms with van der Waals surface area (Å²) >= 11 is 0. The number of amides is 2. The van der Waals surface area contributed by atoms with Gasteiger partial charge in [0.15, 0.2) is 0 Å². The van der Waals surface area contributed by atoms with Gasteiger partial charge < -0.3 is 24.8 Å². The van der Waals surface area contributed by atoms with Gasteiger partial charge in [-0.05, 0) is 59.7 Å². The molecule has 4 aromatic rings. The summed E-state index contributed by atoms with van der Waals surface area (Å²) in [6, 6.07) is 32.5. The van der Waals surface area contributed by atoms with Crippen molar-refractivity contribution < 1.29 is 23.8 Å². The number of hydrogen-bond acceptors (Lipinski definition) is 5. The molecule has 7 nitrogen and oxygen atoms in total. The van der Waals surface area contributed by atoms with Crippen molar-refractivity contribution in [1.82, 2.24) is 5.32 Å². The van der Waals surface area contributed by atoms with Gasteiger partial charge in [0.25, 0.3) is 0 Å². The van der Waals surface area contributed by atoms with E-state index >= 15 is 0 Å². The van der Waals surface area contributed by atoms with Crippen LogP contribution in [0.5, 0.6) is 17.2 Å². The summed E-state index contributed by atoms with van der Waals surface area (Å²) in [6.45, 7) is 0.335. The van der Waals surface area contributed by atoms with Gasteiger partial charge in [-0.25, -0.2) is 0 Å². The van der Waals surface area contributed by atoms with E-state index in [2.05, 4.69) is 10.6 Å². The SMILES string of the molecule is COc1cccc(CC(=O)NC(COCc2ccccc2)C(=O)Nc2ccc(Oc3ccccc3)cc2)c1. The molecule has 7 heteroatoms. The molecule has 1 unspecified atom stereocenters. The minimum Gasteiger partial charge on any atom is -0.497 e. The van der Waals surface area contributed by atoms with Crippen molar-refractivity contribution in [3.05, 3.63) is 120 Å². The number of para-hydroxylation sites is 1. The summed E-state index contributed by atoms with van der Waals surface area (Å²) in [5.41, 5.74) is 2.33. The predicted octanol–water partition coefficient (Wildman–Crippen LogP) is 5.37. The van der Waals surface area contributed by atoms with Crippen LogP contribution in [-0.2, 0) is 27.4 Å². The molecule has 0 aromatic heterocycles. The molecule has 0 bridgehead atoms. The molecule has 0 fully saturated rings. The molecule has 0 saturated carbocycles. The zero-order valence-corrected chi connectivity index (χ0v) is 21.1. The largest absolute Gasteiger partial charge is 0.497 e. The van der Waals surface area contributed by atoms with E-state index in [9.17, 15) is 9.59 Å². The number of carbonyl (C=O) groups excluding carboxylic acids is 2. The van der Waals surface area contributed by atoms with E-state index in [0.29, 0.717) is 23.8 Å². The third kappa shape index (κ3) is 8.21. The lowest BCUT2D eigenvalue weighted by atomic mass is 10.1. The maximum absolute atomic E-state index is 13.2. The average Bonchev–Trinajstić information content (AvgIpc) is 2.95. The number of benzene rings is 4. The van der Waals surface area contributed by atoms with Crippen molar-refractivity contribution in [2.45, 2.75) is 19.1 Å². The Balaban J connectivity index is 1.39. The summed E-state index contributed by atoms with van der Waals surface area (Å²) < 4.78 is 16.8. The van der Waals surface area contributed by atoms with Crippen LogP contribution >= 0.6 is 0 Å². The molecule has 0 radical (unpaired) electrons. The second kappa shape index (κ2) is 13.6. The Bertz CT molecular complexity index is 1310. The molecule has 4 aromatic carbocycles. The summed E-state index contributed by atoms with van der Waals surface area (Å²) in [5.74, 6) is 1.35. The Hall–Kier alpha value is -4.62. The average molecular weight is 511 g/mol. The van der Waals surface area contributed by atoms with Crippen molar-refractivity contribution >= 4 is 17.5 Å². The lowest BCUT2D eigenvalue weighted by molar-refractivity contribution is -0.127. The van der Waals surface area contributed by atoms with Gasteiger partial charge in [-0.15, -0.1) is 0 Å². The monoisotopic (exact) mass is 510 g/mol. The number of methoxy groups -OCH3 is 1. The molecule has 2 N–H and O–H groups in total. The second-order valence-electron chi connectivity index (χ2n) is 8.58. The zero-order valence-electron chi connectivity index (χ0n) is 21.1. The third-order valence-corrected chi connectivity index (χ3v) is 5.65. The van der Waals surface area contributed by atoms with E-state index in [0.717, 1.165) is 16.9 Å². The van der Waals surface area contributed by atoms with Crippen molar-refractivity contribution in [1.29, 1.82) is 0 Å². The van der Waals surface area contributed by atoms with Crippen LogP contribution in [0.15, 0.2) is 109 Å². The fourth-order valence-electron chi connectivity index (χ4n) is 3.73. The Labute approximate surface area is 222 Å². The van der Waals surface area contributed by atoms with Crippen LogP contribution < -0.4 is 20.1 Å². The molecule has 0 spiro atoms. The number of rotatable bonds is 12. The highest BCUT2D eigenvalue weighted by Crippen LogP contribution is 2.22. The topological polar surface area (TPSA) is 85.9 Å². The van der Waals surface area contributed by atoms with E-state index in [-0.39, 0.29) is 24.8 Å². The van der Waals surface area contributed by atoms with Gasteiger partial charge in [0.05, 0.1) is 26.7 Å². The Morgan fingerprint density at radius 3 is 2.08 bits per heavy atom. The number of ether oxygens (including phenoxy) is 3. The molecule has 38 heavy (non-hydrogen) atoms. The highest BCUT2D eigenvalue weighted by Gasteiger charge is 2.22. The molecule has 0 aliphatic heterocycles. The van der Waals surface area contributed by atoms with Gasteiger partial charge in [0.2, 0.25) is 11.8 Å². The Morgan fingerprint density at radius 2 is 1.37 bits per heavy atom. The van der Waals surface area contributed by atoms with Crippen LogP contribution in [0.2, 0.25) is 0 Å². The molecular weight excluding hydrogens is 480 g/mol. The van der Waals surface area contributed by atoms with Crippen molar-refractivity contribution in [2.75, 3.05) is 19.0 Å². The van der Waals surface area contributed by atoms with Gasteiger partial charge >= 0.3 is 0 Å². The summed E-state index contributed by atoms with van der Waals surface area (Å²) in [4.78, 5) is 26.0. The highest BCUT2D eigenvalue weighted by molar-refractivity contribution is 5.97. The van der Waals surface area contributed by atoms with Crippen molar-refractivity contribution in [3.8, 4) is 17.2 Å². The van der Waals surface area contributed by atoms with E-state index in [4.69, 9.17) is 14.2 Å². The van der Waals surface area contributed by atoms with E-state index in [1.165, 1.54) is 0 Å². The molecule has 194 valence electrons. The quantitative estimate of drug-likeness (QED) is 0.268. The van der Waals surface area contributed by atoms with Crippen LogP contribution in [0.1, 0.15) is 11.1 Å². The highest BCUT2D eigenvalue weighted by atomic mass is 16.5. The minimum atomic E-state index is -0.892. The minimum absolute atomic E-state index is 0.0137. The fourth-order valence-corrected chi connectivity index (χ4v) is 3.73. The lowest BCUT2D eigenvalue weighted by Crippen LogP contribution is -2.47. The molecule has 0 saturated heterocycles. The molecule has 0 heterocycles. The first kappa shape index (κ1) is 26.4.